The molecule has 3 rings (SSSR count). The number of nitrogens with zero attached hydrogens (tertiary/aromatic N) is 1. The Labute approximate surface area is 188 Å². The van der Waals surface area contributed by atoms with Crippen LogP contribution in [0.2, 0.25) is 0 Å². The molecule has 3 aromatic carbocycles. The molecule has 3 aromatic rings. The minimum Gasteiger partial charge on any atom is -0.457 e. The maximum atomic E-state index is 14.9. The van der Waals surface area contributed by atoms with Crippen molar-refractivity contribution in [3.63, 3.8) is 0 Å². The Morgan fingerprint density at radius 3 is 2.24 bits per heavy atom. The van der Waals surface area contributed by atoms with Crippen LogP contribution in [0.5, 0.6) is 11.5 Å². The Morgan fingerprint density at radius 2 is 1.59 bits per heavy atom. The smallest absolute Gasteiger partial charge is 0.419 e. The zero-order valence-electron chi connectivity index (χ0n) is 17.0. The number of hydrogen-bond donors (Lipinski definition) is 1. The second kappa shape index (κ2) is 9.59. The van der Waals surface area contributed by atoms with E-state index in [0.717, 1.165) is 24.3 Å². The molecule has 0 atom stereocenters. The average Bonchev–Trinajstić information content (AvgIpc) is 2.74. The zero-order valence-corrected chi connectivity index (χ0v) is 17.0. The summed E-state index contributed by atoms with van der Waals surface area (Å²) in [5.74, 6) is -3.28. The maximum absolute atomic E-state index is 14.9. The molecule has 0 amide bonds. The Balaban J connectivity index is 2.00. The summed E-state index contributed by atoms with van der Waals surface area (Å²) in [5.41, 5.74) is -2.78. The third kappa shape index (κ3) is 5.95. The van der Waals surface area contributed by atoms with Crippen molar-refractivity contribution < 1.29 is 39.9 Å². The Morgan fingerprint density at radius 1 is 0.882 bits per heavy atom. The van der Waals surface area contributed by atoms with Gasteiger partial charge in [0.05, 0.1) is 23.1 Å². The lowest BCUT2D eigenvalue weighted by molar-refractivity contribution is -0.140. The number of anilines is 1. The van der Waals surface area contributed by atoms with E-state index in [1.165, 1.54) is 24.3 Å². The molecule has 0 aliphatic heterocycles. The summed E-state index contributed by atoms with van der Waals surface area (Å²) in [6.07, 6.45) is -11.0. The molecule has 0 fully saturated rings. The average molecular weight is 486 g/mol. The van der Waals surface area contributed by atoms with Crippen LogP contribution in [-0.2, 0) is 19.1 Å². The molecule has 0 spiro atoms. The van der Waals surface area contributed by atoms with Crippen LogP contribution in [0.4, 0.5) is 40.8 Å². The molecule has 34 heavy (non-hydrogen) atoms. The van der Waals surface area contributed by atoms with Crippen molar-refractivity contribution in [3.8, 4) is 17.6 Å². The molecular weight excluding hydrogens is 472 g/mol. The molecule has 0 radical (unpaired) electrons. The molecule has 0 bridgehead atoms. The number of para-hydroxylation sites is 1. The van der Waals surface area contributed by atoms with Gasteiger partial charge in [-0.2, -0.15) is 31.6 Å². The number of ether oxygens (including phenoxy) is 1. The van der Waals surface area contributed by atoms with Gasteiger partial charge in [0.25, 0.3) is 0 Å². The fourth-order valence-corrected chi connectivity index (χ4v) is 3.08. The summed E-state index contributed by atoms with van der Waals surface area (Å²) in [6, 6.07) is 11.0. The highest BCUT2D eigenvalue weighted by molar-refractivity contribution is 5.52. The summed E-state index contributed by atoms with van der Waals surface area (Å²) in [5, 5.41) is 11.5. The molecule has 0 unspecified atom stereocenters. The van der Waals surface area contributed by atoms with E-state index in [1.54, 1.807) is 6.07 Å². The molecule has 178 valence electrons. The first-order valence-electron chi connectivity index (χ1n) is 9.53. The van der Waals surface area contributed by atoms with Gasteiger partial charge in [0.1, 0.15) is 29.2 Å². The Hall–Kier alpha value is -3.81. The number of hydrogen-bond acceptors (Lipinski definition) is 3. The SMILES string of the molecule is N#Cc1cc(NCc2c(Oc3ccccc3CC(F)(F)F)ccc(C(F)(F)F)c2F)ccc1F. The predicted octanol–water partition coefficient (Wildman–Crippen LogP) is 7.36. The second-order valence-electron chi connectivity index (χ2n) is 7.06. The van der Waals surface area contributed by atoms with Crippen molar-refractivity contribution in [1.82, 2.24) is 0 Å². The van der Waals surface area contributed by atoms with Crippen LogP contribution in [0.1, 0.15) is 22.3 Å². The second-order valence-corrected chi connectivity index (χ2v) is 7.06. The van der Waals surface area contributed by atoms with Crippen LogP contribution >= 0.6 is 0 Å². The molecule has 0 heterocycles. The lowest BCUT2D eigenvalue weighted by atomic mass is 10.1. The van der Waals surface area contributed by atoms with Gasteiger partial charge in [-0.3, -0.25) is 0 Å². The van der Waals surface area contributed by atoms with Crippen LogP contribution in [0, 0.1) is 23.0 Å². The summed E-state index contributed by atoms with van der Waals surface area (Å²) >= 11 is 0. The third-order valence-corrected chi connectivity index (χ3v) is 4.65. The van der Waals surface area contributed by atoms with Crippen molar-refractivity contribution in [3.05, 3.63) is 88.5 Å². The molecule has 1 N–H and O–H groups in total. The molecule has 0 saturated carbocycles. The van der Waals surface area contributed by atoms with Crippen molar-refractivity contribution in [1.29, 1.82) is 5.26 Å². The molecule has 0 aliphatic rings. The summed E-state index contributed by atoms with van der Waals surface area (Å²) in [6.45, 7) is -0.608. The van der Waals surface area contributed by atoms with Crippen molar-refractivity contribution in [2.24, 2.45) is 0 Å². The largest absolute Gasteiger partial charge is 0.457 e. The fourth-order valence-electron chi connectivity index (χ4n) is 3.08. The highest BCUT2D eigenvalue weighted by atomic mass is 19.4. The standard InChI is InChI=1S/C23H14F8N2O/c24-18-7-5-15(9-14(18)11-32)33-12-16-20(8-6-17(21(16)25)23(29,30)31)34-19-4-2-1-3-13(19)10-22(26,27)28/h1-9,33H,10,12H2. The minimum absolute atomic E-state index is 0.0955. The number of nitriles is 1. The monoisotopic (exact) mass is 486 g/mol. The number of rotatable bonds is 6. The van der Waals surface area contributed by atoms with Gasteiger partial charge in [-0.15, -0.1) is 0 Å². The van der Waals surface area contributed by atoms with Gasteiger partial charge in [0, 0.05) is 17.8 Å². The highest BCUT2D eigenvalue weighted by Crippen LogP contribution is 2.38. The minimum atomic E-state index is -5.05. The predicted molar refractivity (Wildman–Crippen MR) is 106 cm³/mol. The van der Waals surface area contributed by atoms with E-state index in [-0.39, 0.29) is 22.6 Å². The normalized spacial score (nSPS) is 11.7. The van der Waals surface area contributed by atoms with Gasteiger partial charge in [0.15, 0.2) is 0 Å². The molecule has 0 aromatic heterocycles. The molecule has 3 nitrogen and oxygen atoms in total. The van der Waals surface area contributed by atoms with Crippen molar-refractivity contribution >= 4 is 5.69 Å². The highest BCUT2D eigenvalue weighted by Gasteiger charge is 2.36. The van der Waals surface area contributed by atoms with Crippen molar-refractivity contribution in [2.45, 2.75) is 25.3 Å². The van der Waals surface area contributed by atoms with Crippen LogP contribution in [0.15, 0.2) is 54.6 Å². The van der Waals surface area contributed by atoms with Crippen LogP contribution < -0.4 is 10.1 Å². The summed E-state index contributed by atoms with van der Waals surface area (Å²) in [4.78, 5) is 0. The van der Waals surface area contributed by atoms with E-state index in [4.69, 9.17) is 10.00 Å². The van der Waals surface area contributed by atoms with Crippen LogP contribution in [0.3, 0.4) is 0 Å². The van der Waals surface area contributed by atoms with Gasteiger partial charge < -0.3 is 10.1 Å². The first-order valence-corrected chi connectivity index (χ1v) is 9.53. The van der Waals surface area contributed by atoms with E-state index in [0.29, 0.717) is 6.07 Å². The topological polar surface area (TPSA) is 45.0 Å². The van der Waals surface area contributed by atoms with Gasteiger partial charge in [-0.25, -0.2) is 8.78 Å². The first-order chi connectivity index (χ1) is 15.9. The molecule has 11 heteroatoms. The molecular formula is C23H14F8N2O. The number of alkyl halides is 6. The third-order valence-electron chi connectivity index (χ3n) is 4.65. The lowest BCUT2D eigenvalue weighted by Crippen LogP contribution is -2.14. The number of halogens is 8. The molecule has 0 saturated heterocycles. The molecule has 0 aliphatic carbocycles. The Kier molecular flexibility index (Phi) is 7.00. The first kappa shape index (κ1) is 24.8. The van der Waals surface area contributed by atoms with E-state index < -0.39 is 53.8 Å². The van der Waals surface area contributed by atoms with Crippen LogP contribution in [0.25, 0.3) is 0 Å². The number of benzene rings is 3. The van der Waals surface area contributed by atoms with E-state index >= 15 is 0 Å². The summed E-state index contributed by atoms with van der Waals surface area (Å²) in [7, 11) is 0. The van der Waals surface area contributed by atoms with Gasteiger partial charge in [-0.1, -0.05) is 18.2 Å². The lowest BCUT2D eigenvalue weighted by Gasteiger charge is -2.19. The van der Waals surface area contributed by atoms with Crippen molar-refractivity contribution in [2.75, 3.05) is 5.32 Å². The van der Waals surface area contributed by atoms with Gasteiger partial charge >= 0.3 is 12.4 Å². The van der Waals surface area contributed by atoms with Crippen LogP contribution in [-0.4, -0.2) is 6.18 Å². The van der Waals surface area contributed by atoms with Gasteiger partial charge in [-0.05, 0) is 36.4 Å². The van der Waals surface area contributed by atoms with E-state index in [1.807, 2.05) is 0 Å². The Bertz CT molecular complexity index is 1230. The van der Waals surface area contributed by atoms with E-state index in [2.05, 4.69) is 5.32 Å². The maximum Gasteiger partial charge on any atom is 0.419 e. The number of nitrogens with one attached hydrogen (secondary N) is 1. The van der Waals surface area contributed by atoms with Gasteiger partial charge in [0.2, 0.25) is 0 Å². The zero-order chi connectivity index (χ0) is 25.1. The quantitative estimate of drug-likeness (QED) is 0.370. The fraction of sp³-hybridized carbons (Fsp3) is 0.174. The van der Waals surface area contributed by atoms with E-state index in [9.17, 15) is 35.1 Å². The summed E-state index contributed by atoms with van der Waals surface area (Å²) < 4.78 is 112.